The van der Waals surface area contributed by atoms with E-state index in [4.69, 9.17) is 0 Å². The van der Waals surface area contributed by atoms with Gasteiger partial charge in [0.25, 0.3) is 5.91 Å². The van der Waals surface area contributed by atoms with Crippen molar-refractivity contribution in [3.63, 3.8) is 0 Å². The molecule has 3 saturated carbocycles. The van der Waals surface area contributed by atoms with Crippen LogP contribution in [0, 0.1) is 5.82 Å². The van der Waals surface area contributed by atoms with Crippen molar-refractivity contribution in [3.05, 3.63) is 29.6 Å². The highest BCUT2D eigenvalue weighted by atomic mass is 32.2. The minimum Gasteiger partial charge on any atom is -0.347 e. The van der Waals surface area contributed by atoms with Gasteiger partial charge in [-0.2, -0.15) is 0 Å². The van der Waals surface area contributed by atoms with Crippen LogP contribution in [0.2, 0.25) is 0 Å². The van der Waals surface area contributed by atoms with Gasteiger partial charge in [0.1, 0.15) is 11.5 Å². The molecule has 1 aromatic carbocycles. The van der Waals surface area contributed by atoms with Crippen LogP contribution in [0.1, 0.15) is 48.9 Å². The van der Waals surface area contributed by atoms with E-state index < -0.39 is 32.8 Å². The lowest BCUT2D eigenvalue weighted by Gasteiger charge is -2.49. The summed E-state index contributed by atoms with van der Waals surface area (Å²) in [4.78, 5) is 12.2. The average molecular weight is 343 g/mol. The highest BCUT2D eigenvalue weighted by Gasteiger charge is 2.49. The third-order valence-electron chi connectivity index (χ3n) is 5.12. The number of halogens is 2. The normalized spacial score (nSPS) is 30.2. The van der Waals surface area contributed by atoms with Crippen molar-refractivity contribution in [3.8, 4) is 0 Å². The second-order valence-electron chi connectivity index (χ2n) is 6.80. The van der Waals surface area contributed by atoms with E-state index in [0.717, 1.165) is 18.4 Å². The average Bonchev–Trinajstić information content (AvgIpc) is 2.48. The molecule has 0 radical (unpaired) electrons. The zero-order valence-electron chi connectivity index (χ0n) is 12.9. The first-order chi connectivity index (χ1) is 10.6. The standard InChI is InChI=1S/C16H19F2NO3S/c1-23(21,22)13-10-11(17)2-3-12(13)14(20)19-16-7-4-15(18,5-8-16)6-9-16/h2-3,10H,4-9H2,1H3,(H,19,20). The van der Waals surface area contributed by atoms with Gasteiger partial charge in [-0.3, -0.25) is 4.79 Å². The first-order valence-corrected chi connectivity index (χ1v) is 9.53. The van der Waals surface area contributed by atoms with Gasteiger partial charge in [0.15, 0.2) is 9.84 Å². The molecule has 23 heavy (non-hydrogen) atoms. The Hall–Kier alpha value is -1.50. The zero-order chi connectivity index (χ0) is 16.9. The Morgan fingerprint density at radius 3 is 2.22 bits per heavy atom. The molecule has 1 aromatic rings. The van der Waals surface area contributed by atoms with E-state index in [-0.39, 0.29) is 10.5 Å². The van der Waals surface area contributed by atoms with Crippen LogP contribution in [0.3, 0.4) is 0 Å². The Morgan fingerprint density at radius 1 is 1.13 bits per heavy atom. The van der Waals surface area contributed by atoms with Crippen LogP contribution < -0.4 is 5.32 Å². The minimum atomic E-state index is -3.73. The van der Waals surface area contributed by atoms with E-state index in [9.17, 15) is 22.0 Å². The van der Waals surface area contributed by atoms with Gasteiger partial charge in [-0.25, -0.2) is 17.2 Å². The predicted octanol–water partition coefficient (Wildman–Crippen LogP) is 2.77. The molecule has 3 aliphatic rings. The number of rotatable bonds is 3. The van der Waals surface area contributed by atoms with E-state index in [2.05, 4.69) is 5.32 Å². The number of sulfone groups is 1. The summed E-state index contributed by atoms with van der Waals surface area (Å²) in [6.07, 6.45) is 3.82. The lowest BCUT2D eigenvalue weighted by atomic mass is 9.64. The van der Waals surface area contributed by atoms with Crippen molar-refractivity contribution in [2.75, 3.05) is 6.26 Å². The van der Waals surface area contributed by atoms with Gasteiger partial charge in [-0.1, -0.05) is 0 Å². The number of benzene rings is 1. The van der Waals surface area contributed by atoms with Crippen molar-refractivity contribution < 1.29 is 22.0 Å². The summed E-state index contributed by atoms with van der Waals surface area (Å²) in [6.45, 7) is 0. The molecule has 3 fully saturated rings. The Balaban J connectivity index is 1.88. The van der Waals surface area contributed by atoms with Crippen LogP contribution in [-0.4, -0.2) is 31.8 Å². The maximum atomic E-state index is 14.2. The first kappa shape index (κ1) is 16.4. The van der Waals surface area contributed by atoms with E-state index in [1.54, 1.807) is 0 Å². The number of hydrogen-bond acceptors (Lipinski definition) is 3. The summed E-state index contributed by atoms with van der Waals surface area (Å²) >= 11 is 0. The third-order valence-corrected chi connectivity index (χ3v) is 6.26. The molecular formula is C16H19F2NO3S. The summed E-state index contributed by atoms with van der Waals surface area (Å²) in [6, 6.07) is 3.11. The summed E-state index contributed by atoms with van der Waals surface area (Å²) < 4.78 is 51.2. The summed E-state index contributed by atoms with van der Waals surface area (Å²) in [7, 11) is -3.73. The molecule has 3 aliphatic carbocycles. The smallest absolute Gasteiger partial charge is 0.253 e. The van der Waals surface area contributed by atoms with Crippen molar-refractivity contribution >= 4 is 15.7 Å². The molecule has 0 aromatic heterocycles. The number of carbonyl (C=O) groups excluding carboxylic acids is 1. The van der Waals surface area contributed by atoms with Gasteiger partial charge in [0.2, 0.25) is 0 Å². The number of alkyl halides is 1. The number of fused-ring (bicyclic) bond motifs is 3. The van der Waals surface area contributed by atoms with Crippen LogP contribution in [0.5, 0.6) is 0 Å². The highest BCUT2D eigenvalue weighted by Crippen LogP contribution is 2.49. The van der Waals surface area contributed by atoms with Crippen molar-refractivity contribution in [1.29, 1.82) is 0 Å². The van der Waals surface area contributed by atoms with E-state index in [1.807, 2.05) is 0 Å². The molecule has 4 nitrogen and oxygen atoms in total. The molecule has 0 spiro atoms. The van der Waals surface area contributed by atoms with Gasteiger partial charge in [0, 0.05) is 11.8 Å². The number of carbonyl (C=O) groups is 1. The van der Waals surface area contributed by atoms with Gasteiger partial charge >= 0.3 is 0 Å². The lowest BCUT2D eigenvalue weighted by molar-refractivity contribution is -0.00655. The summed E-state index contributed by atoms with van der Waals surface area (Å²) in [5.74, 6) is -1.25. The quantitative estimate of drug-likeness (QED) is 0.918. The van der Waals surface area contributed by atoms with Gasteiger partial charge in [0.05, 0.1) is 10.5 Å². The van der Waals surface area contributed by atoms with Gasteiger partial charge in [-0.05, 0) is 56.7 Å². The van der Waals surface area contributed by atoms with Crippen LogP contribution in [0.15, 0.2) is 23.1 Å². The molecule has 126 valence electrons. The van der Waals surface area contributed by atoms with E-state index in [1.165, 1.54) is 6.07 Å². The van der Waals surface area contributed by atoms with Crippen LogP contribution in [0.4, 0.5) is 8.78 Å². The Morgan fingerprint density at radius 2 is 1.70 bits per heavy atom. The molecule has 0 heterocycles. The van der Waals surface area contributed by atoms with Crippen LogP contribution in [0.25, 0.3) is 0 Å². The highest BCUT2D eigenvalue weighted by molar-refractivity contribution is 7.90. The maximum Gasteiger partial charge on any atom is 0.253 e. The molecule has 0 atom stereocenters. The third kappa shape index (κ3) is 3.11. The lowest BCUT2D eigenvalue weighted by Crippen LogP contribution is -2.57. The second-order valence-corrected chi connectivity index (χ2v) is 8.78. The summed E-state index contributed by atoms with van der Waals surface area (Å²) in [5, 5.41) is 2.89. The molecular weight excluding hydrogens is 324 g/mol. The van der Waals surface area contributed by atoms with Crippen LogP contribution >= 0.6 is 0 Å². The predicted molar refractivity (Wildman–Crippen MR) is 81.2 cm³/mol. The second kappa shape index (κ2) is 5.26. The number of hydrogen-bond donors (Lipinski definition) is 1. The van der Waals surface area contributed by atoms with Crippen molar-refractivity contribution in [2.24, 2.45) is 0 Å². The molecule has 0 unspecified atom stereocenters. The molecule has 4 rings (SSSR count). The first-order valence-electron chi connectivity index (χ1n) is 7.64. The molecule has 7 heteroatoms. The monoisotopic (exact) mass is 343 g/mol. The molecule has 0 saturated heterocycles. The van der Waals surface area contributed by atoms with Crippen molar-refractivity contribution in [1.82, 2.24) is 5.32 Å². The van der Waals surface area contributed by atoms with E-state index >= 15 is 0 Å². The molecule has 1 amide bonds. The van der Waals surface area contributed by atoms with Crippen LogP contribution in [-0.2, 0) is 9.84 Å². The summed E-state index contributed by atoms with van der Waals surface area (Å²) in [5.41, 5.74) is -1.65. The Labute approximate surface area is 134 Å². The van der Waals surface area contributed by atoms with E-state index in [0.29, 0.717) is 38.5 Å². The largest absolute Gasteiger partial charge is 0.347 e. The number of amides is 1. The van der Waals surface area contributed by atoms with Gasteiger partial charge in [-0.15, -0.1) is 0 Å². The molecule has 2 bridgehead atoms. The van der Waals surface area contributed by atoms with Gasteiger partial charge < -0.3 is 5.32 Å². The number of nitrogens with one attached hydrogen (secondary N) is 1. The minimum absolute atomic E-state index is 0.0640. The SMILES string of the molecule is CS(=O)(=O)c1cc(F)ccc1C(=O)NC12CCC(F)(CC1)CC2. The molecule has 1 N–H and O–H groups in total. The zero-order valence-corrected chi connectivity index (χ0v) is 13.7. The Bertz CT molecular complexity index is 736. The Kier molecular flexibility index (Phi) is 3.74. The topological polar surface area (TPSA) is 63.2 Å². The fourth-order valence-corrected chi connectivity index (χ4v) is 4.51. The fourth-order valence-electron chi connectivity index (χ4n) is 3.63. The maximum absolute atomic E-state index is 14.2. The fraction of sp³-hybridized carbons (Fsp3) is 0.562. The molecule has 0 aliphatic heterocycles. The van der Waals surface area contributed by atoms with Crippen molar-refractivity contribution in [2.45, 2.75) is 54.6 Å².